The number of methoxy groups -OCH3 is 2. The van der Waals surface area contributed by atoms with Crippen molar-refractivity contribution in [3.8, 4) is 11.5 Å². The first-order chi connectivity index (χ1) is 17.4. The molecule has 0 spiro atoms. The van der Waals surface area contributed by atoms with E-state index in [0.29, 0.717) is 22.6 Å². The summed E-state index contributed by atoms with van der Waals surface area (Å²) in [6.07, 6.45) is 0. The van der Waals surface area contributed by atoms with E-state index in [1.165, 1.54) is 4.90 Å². The van der Waals surface area contributed by atoms with Gasteiger partial charge in [-0.25, -0.2) is 0 Å². The zero-order chi connectivity index (χ0) is 25.7. The summed E-state index contributed by atoms with van der Waals surface area (Å²) >= 11 is 0. The number of amides is 3. The molecule has 1 aliphatic heterocycles. The highest BCUT2D eigenvalue weighted by molar-refractivity contribution is 6.05. The molecule has 0 bridgehead atoms. The zero-order valence-electron chi connectivity index (χ0n) is 20.5. The Balaban J connectivity index is 1.45. The first-order valence-corrected chi connectivity index (χ1v) is 11.7. The molecule has 3 aromatic rings. The molecule has 4 rings (SSSR count). The Labute approximate surface area is 210 Å². The van der Waals surface area contributed by atoms with Gasteiger partial charge in [0.2, 0.25) is 11.8 Å². The van der Waals surface area contributed by atoms with Crippen molar-refractivity contribution < 1.29 is 23.9 Å². The molecule has 1 aliphatic rings. The van der Waals surface area contributed by atoms with E-state index in [2.05, 4.69) is 10.6 Å². The standard InChI is InChI=1S/C28H29N3O5/c1-18(23-15-20(35-2)13-14-24(23)36-3)30-25(32)16-29-27(33)26-21-11-7-8-12-22(21)28(34)31(26)17-19-9-5-4-6-10-19/h4-15,18,26H,16-17H2,1-3H3,(H,29,33)(H,30,32)/t18-,26-/m0/s1. The lowest BCUT2D eigenvalue weighted by molar-refractivity contribution is -0.129. The van der Waals surface area contributed by atoms with E-state index >= 15 is 0 Å². The van der Waals surface area contributed by atoms with Crippen LogP contribution in [0.1, 0.15) is 46.1 Å². The number of carbonyl (C=O) groups is 3. The Hall–Kier alpha value is -4.33. The highest BCUT2D eigenvalue weighted by atomic mass is 16.5. The van der Waals surface area contributed by atoms with Gasteiger partial charge in [0, 0.05) is 17.7 Å². The summed E-state index contributed by atoms with van der Waals surface area (Å²) in [5.41, 5.74) is 2.79. The smallest absolute Gasteiger partial charge is 0.255 e. The van der Waals surface area contributed by atoms with Crippen LogP contribution in [0, 0.1) is 0 Å². The van der Waals surface area contributed by atoms with Crippen molar-refractivity contribution in [2.75, 3.05) is 20.8 Å². The van der Waals surface area contributed by atoms with E-state index < -0.39 is 11.9 Å². The Morgan fingerprint density at radius 1 is 0.972 bits per heavy atom. The van der Waals surface area contributed by atoms with E-state index in [1.54, 1.807) is 56.7 Å². The van der Waals surface area contributed by atoms with Gasteiger partial charge in [-0.3, -0.25) is 14.4 Å². The average Bonchev–Trinajstić information content (AvgIpc) is 3.18. The van der Waals surface area contributed by atoms with Crippen LogP contribution >= 0.6 is 0 Å². The van der Waals surface area contributed by atoms with Crippen LogP contribution in [0.3, 0.4) is 0 Å². The second-order valence-corrected chi connectivity index (χ2v) is 8.52. The number of ether oxygens (including phenoxy) is 2. The molecule has 0 unspecified atom stereocenters. The molecular weight excluding hydrogens is 458 g/mol. The molecule has 8 nitrogen and oxygen atoms in total. The van der Waals surface area contributed by atoms with Crippen LogP contribution in [0.4, 0.5) is 0 Å². The number of rotatable bonds is 9. The topological polar surface area (TPSA) is 97.0 Å². The minimum absolute atomic E-state index is 0.210. The number of nitrogens with one attached hydrogen (secondary N) is 2. The second-order valence-electron chi connectivity index (χ2n) is 8.52. The predicted octanol–water partition coefficient (Wildman–Crippen LogP) is 3.39. The fraction of sp³-hybridized carbons (Fsp3) is 0.250. The van der Waals surface area contributed by atoms with Crippen molar-refractivity contribution in [1.82, 2.24) is 15.5 Å². The van der Waals surface area contributed by atoms with Crippen molar-refractivity contribution in [2.45, 2.75) is 25.6 Å². The van der Waals surface area contributed by atoms with Crippen LogP contribution in [0.15, 0.2) is 72.8 Å². The normalized spacial score (nSPS) is 15.1. The number of hydrogen-bond acceptors (Lipinski definition) is 5. The van der Waals surface area contributed by atoms with Gasteiger partial charge in [-0.05, 0) is 42.3 Å². The Bertz CT molecular complexity index is 1260. The summed E-state index contributed by atoms with van der Waals surface area (Å²) in [6.45, 7) is 1.87. The summed E-state index contributed by atoms with van der Waals surface area (Å²) in [4.78, 5) is 40.6. The molecule has 3 amide bonds. The molecule has 0 fully saturated rings. The van der Waals surface area contributed by atoms with Gasteiger partial charge in [-0.2, -0.15) is 0 Å². The number of benzene rings is 3. The molecule has 0 aliphatic carbocycles. The van der Waals surface area contributed by atoms with Gasteiger partial charge in [0.15, 0.2) is 0 Å². The summed E-state index contributed by atoms with van der Waals surface area (Å²) in [7, 11) is 3.12. The SMILES string of the molecule is COc1ccc(OC)c([C@H](C)NC(=O)CNC(=O)[C@@H]2c3ccccc3C(=O)N2Cc2ccccc2)c1. The van der Waals surface area contributed by atoms with Gasteiger partial charge in [0.25, 0.3) is 5.91 Å². The molecule has 3 aromatic carbocycles. The van der Waals surface area contributed by atoms with Gasteiger partial charge in [0.1, 0.15) is 17.5 Å². The molecule has 36 heavy (non-hydrogen) atoms. The summed E-state index contributed by atoms with van der Waals surface area (Å²) in [5.74, 6) is 0.269. The molecule has 8 heteroatoms. The minimum atomic E-state index is -0.822. The van der Waals surface area contributed by atoms with Crippen LogP contribution < -0.4 is 20.1 Å². The Kier molecular flexibility index (Phi) is 7.53. The summed E-state index contributed by atoms with van der Waals surface area (Å²) < 4.78 is 10.7. The van der Waals surface area contributed by atoms with Crippen LogP contribution in [0.25, 0.3) is 0 Å². The van der Waals surface area contributed by atoms with Gasteiger partial charge in [0.05, 0.1) is 26.8 Å². The second kappa shape index (κ2) is 10.9. The maximum atomic E-state index is 13.3. The van der Waals surface area contributed by atoms with Crippen LogP contribution in [0.5, 0.6) is 11.5 Å². The number of hydrogen-bond donors (Lipinski definition) is 2. The maximum Gasteiger partial charge on any atom is 0.255 e. The third-order valence-electron chi connectivity index (χ3n) is 6.21. The molecule has 186 valence electrons. The molecule has 0 aromatic heterocycles. The Morgan fingerprint density at radius 3 is 2.42 bits per heavy atom. The predicted molar refractivity (Wildman–Crippen MR) is 135 cm³/mol. The van der Waals surface area contributed by atoms with Crippen molar-refractivity contribution >= 4 is 17.7 Å². The first kappa shape index (κ1) is 24.8. The fourth-order valence-corrected chi connectivity index (χ4v) is 4.41. The highest BCUT2D eigenvalue weighted by Gasteiger charge is 2.40. The van der Waals surface area contributed by atoms with Crippen molar-refractivity contribution in [1.29, 1.82) is 0 Å². The Morgan fingerprint density at radius 2 is 1.69 bits per heavy atom. The van der Waals surface area contributed by atoms with Crippen molar-refractivity contribution in [3.05, 3.63) is 95.1 Å². The quantitative estimate of drug-likeness (QED) is 0.482. The van der Waals surface area contributed by atoms with Crippen LogP contribution in [-0.4, -0.2) is 43.4 Å². The number of fused-ring (bicyclic) bond motifs is 1. The minimum Gasteiger partial charge on any atom is -0.497 e. The van der Waals surface area contributed by atoms with Crippen LogP contribution in [0.2, 0.25) is 0 Å². The fourth-order valence-electron chi connectivity index (χ4n) is 4.41. The zero-order valence-corrected chi connectivity index (χ0v) is 20.5. The van der Waals surface area contributed by atoms with E-state index in [4.69, 9.17) is 9.47 Å². The number of carbonyl (C=O) groups excluding carboxylic acids is 3. The van der Waals surface area contributed by atoms with Gasteiger partial charge in [-0.15, -0.1) is 0 Å². The van der Waals surface area contributed by atoms with Gasteiger partial charge < -0.3 is 25.0 Å². The lowest BCUT2D eigenvalue weighted by Crippen LogP contribution is -2.43. The lowest BCUT2D eigenvalue weighted by atomic mass is 10.0. The third kappa shape index (κ3) is 5.17. The average molecular weight is 488 g/mol. The highest BCUT2D eigenvalue weighted by Crippen LogP contribution is 2.35. The monoisotopic (exact) mass is 487 g/mol. The first-order valence-electron chi connectivity index (χ1n) is 11.7. The van der Waals surface area contributed by atoms with E-state index in [0.717, 1.165) is 11.1 Å². The van der Waals surface area contributed by atoms with Crippen LogP contribution in [-0.2, 0) is 16.1 Å². The summed E-state index contributed by atoms with van der Waals surface area (Å²) in [5, 5.41) is 5.59. The lowest BCUT2D eigenvalue weighted by Gasteiger charge is -2.25. The molecule has 0 saturated heterocycles. The molecule has 2 atom stereocenters. The number of nitrogens with zero attached hydrogens (tertiary/aromatic N) is 1. The van der Waals surface area contributed by atoms with Gasteiger partial charge >= 0.3 is 0 Å². The molecular formula is C28H29N3O5. The van der Waals surface area contributed by atoms with E-state index in [9.17, 15) is 14.4 Å². The van der Waals surface area contributed by atoms with Gasteiger partial charge in [-0.1, -0.05) is 48.5 Å². The maximum absolute atomic E-state index is 13.3. The van der Waals surface area contributed by atoms with Crippen molar-refractivity contribution in [2.24, 2.45) is 0 Å². The largest absolute Gasteiger partial charge is 0.497 e. The molecule has 0 radical (unpaired) electrons. The van der Waals surface area contributed by atoms with E-state index in [1.807, 2.05) is 37.3 Å². The molecule has 0 saturated carbocycles. The van der Waals surface area contributed by atoms with E-state index in [-0.39, 0.29) is 30.9 Å². The van der Waals surface area contributed by atoms with Crippen molar-refractivity contribution in [3.63, 3.8) is 0 Å². The third-order valence-corrected chi connectivity index (χ3v) is 6.21. The summed E-state index contributed by atoms with van der Waals surface area (Å²) in [6, 6.07) is 20.7. The molecule has 1 heterocycles. The molecule has 2 N–H and O–H groups in total.